The summed E-state index contributed by atoms with van der Waals surface area (Å²) in [7, 11) is -3.59. The molecule has 0 aromatic heterocycles. The number of nitrogens with one attached hydrogen (secondary N) is 1. The van der Waals surface area contributed by atoms with Crippen LogP contribution in [0, 0.1) is 0 Å². The van der Waals surface area contributed by atoms with E-state index in [1.54, 1.807) is 34.6 Å². The maximum Gasteiger partial charge on any atom is 0.255 e. The number of hydrogen-bond donors (Lipinski definition) is 1. The molecule has 0 saturated carbocycles. The number of nitrogens with zero attached hydrogens (tertiary/aromatic N) is 1. The fraction of sp³-hybridized carbons (Fsp3) is 0.316. The molecule has 1 aliphatic rings. The summed E-state index contributed by atoms with van der Waals surface area (Å²) in [6.45, 7) is 2.46. The number of para-hydroxylation sites is 1. The molecule has 0 radical (unpaired) electrons. The monoisotopic (exact) mass is 358 g/mol. The van der Waals surface area contributed by atoms with Crippen molar-refractivity contribution in [3.8, 4) is 0 Å². The SMILES string of the molecule is CC1CCCCN1S(=O)(=O)c1cccc(C(=O)Nc2ccccc2)c1. The zero-order valence-corrected chi connectivity index (χ0v) is 15.0. The third-order valence-electron chi connectivity index (χ3n) is 4.48. The van der Waals surface area contributed by atoms with Crippen LogP contribution in [-0.2, 0) is 10.0 Å². The summed E-state index contributed by atoms with van der Waals surface area (Å²) in [6.07, 6.45) is 2.79. The van der Waals surface area contributed by atoms with Crippen molar-refractivity contribution in [2.75, 3.05) is 11.9 Å². The van der Waals surface area contributed by atoms with Gasteiger partial charge in [-0.25, -0.2) is 8.42 Å². The van der Waals surface area contributed by atoms with E-state index in [0.29, 0.717) is 17.8 Å². The Morgan fingerprint density at radius 2 is 1.84 bits per heavy atom. The number of rotatable bonds is 4. The minimum Gasteiger partial charge on any atom is -0.322 e. The molecule has 1 amide bonds. The Kier molecular flexibility index (Phi) is 5.20. The fourth-order valence-corrected chi connectivity index (χ4v) is 4.83. The second kappa shape index (κ2) is 7.37. The molecule has 25 heavy (non-hydrogen) atoms. The number of sulfonamides is 1. The Morgan fingerprint density at radius 1 is 1.08 bits per heavy atom. The summed E-state index contributed by atoms with van der Waals surface area (Å²) >= 11 is 0. The molecule has 1 fully saturated rings. The molecule has 3 rings (SSSR count). The number of benzene rings is 2. The van der Waals surface area contributed by atoms with Crippen LogP contribution < -0.4 is 5.32 Å². The standard InChI is InChI=1S/C19H22N2O3S/c1-15-8-5-6-13-21(15)25(23,24)18-12-7-9-16(14-18)19(22)20-17-10-3-2-4-11-17/h2-4,7,9-12,14-15H,5-6,8,13H2,1H3,(H,20,22). The molecule has 1 unspecified atom stereocenters. The molecule has 5 nitrogen and oxygen atoms in total. The summed E-state index contributed by atoms with van der Waals surface area (Å²) in [5.41, 5.74) is 1.00. The number of carbonyl (C=O) groups is 1. The van der Waals surface area contributed by atoms with E-state index in [9.17, 15) is 13.2 Å². The van der Waals surface area contributed by atoms with Crippen LogP contribution in [0.4, 0.5) is 5.69 Å². The van der Waals surface area contributed by atoms with Gasteiger partial charge >= 0.3 is 0 Å². The second-order valence-corrected chi connectivity index (χ2v) is 8.20. The number of anilines is 1. The lowest BCUT2D eigenvalue weighted by atomic mass is 10.1. The van der Waals surface area contributed by atoms with E-state index in [2.05, 4.69) is 5.32 Å². The van der Waals surface area contributed by atoms with Gasteiger partial charge in [0, 0.05) is 23.8 Å². The molecule has 6 heteroatoms. The average Bonchev–Trinajstić information content (AvgIpc) is 2.63. The van der Waals surface area contributed by atoms with Crippen molar-refractivity contribution in [1.29, 1.82) is 0 Å². The molecular weight excluding hydrogens is 336 g/mol. The van der Waals surface area contributed by atoms with Crippen LogP contribution in [0.1, 0.15) is 36.5 Å². The van der Waals surface area contributed by atoms with Gasteiger partial charge in [-0.2, -0.15) is 4.31 Å². The van der Waals surface area contributed by atoms with Crippen molar-refractivity contribution < 1.29 is 13.2 Å². The molecule has 0 bridgehead atoms. The number of hydrogen-bond acceptors (Lipinski definition) is 3. The third-order valence-corrected chi connectivity index (χ3v) is 6.49. The van der Waals surface area contributed by atoms with Gasteiger partial charge in [0.05, 0.1) is 4.90 Å². The van der Waals surface area contributed by atoms with Gasteiger partial charge in [-0.05, 0) is 50.1 Å². The van der Waals surface area contributed by atoms with Crippen molar-refractivity contribution in [3.63, 3.8) is 0 Å². The highest BCUT2D eigenvalue weighted by atomic mass is 32.2. The Morgan fingerprint density at radius 3 is 2.56 bits per heavy atom. The second-order valence-electron chi connectivity index (χ2n) is 6.31. The smallest absolute Gasteiger partial charge is 0.255 e. The van der Waals surface area contributed by atoms with Gasteiger partial charge in [0.25, 0.3) is 5.91 Å². The van der Waals surface area contributed by atoms with E-state index in [1.807, 2.05) is 25.1 Å². The molecule has 1 N–H and O–H groups in total. The van der Waals surface area contributed by atoms with Gasteiger partial charge in [-0.1, -0.05) is 30.7 Å². The molecule has 2 aromatic carbocycles. The molecule has 1 saturated heterocycles. The van der Waals surface area contributed by atoms with Gasteiger partial charge in [0.2, 0.25) is 10.0 Å². The van der Waals surface area contributed by atoms with E-state index in [0.717, 1.165) is 19.3 Å². The van der Waals surface area contributed by atoms with Crippen molar-refractivity contribution in [2.45, 2.75) is 37.1 Å². The quantitative estimate of drug-likeness (QED) is 0.910. The average molecular weight is 358 g/mol. The topological polar surface area (TPSA) is 66.5 Å². The first-order valence-corrected chi connectivity index (χ1v) is 9.91. The molecule has 132 valence electrons. The zero-order valence-electron chi connectivity index (χ0n) is 14.2. The van der Waals surface area contributed by atoms with E-state index < -0.39 is 10.0 Å². The number of carbonyl (C=O) groups excluding carboxylic acids is 1. The van der Waals surface area contributed by atoms with Gasteiger partial charge in [-0.15, -0.1) is 0 Å². The lowest BCUT2D eigenvalue weighted by Crippen LogP contribution is -2.41. The van der Waals surface area contributed by atoms with Crippen LogP contribution in [-0.4, -0.2) is 31.2 Å². The van der Waals surface area contributed by atoms with Crippen LogP contribution in [0.2, 0.25) is 0 Å². The molecule has 1 heterocycles. The van der Waals surface area contributed by atoms with Crippen LogP contribution in [0.15, 0.2) is 59.5 Å². The third kappa shape index (κ3) is 3.91. The van der Waals surface area contributed by atoms with E-state index in [4.69, 9.17) is 0 Å². The highest BCUT2D eigenvalue weighted by Crippen LogP contribution is 2.25. The molecule has 1 aliphatic heterocycles. The van der Waals surface area contributed by atoms with Crippen LogP contribution in [0.5, 0.6) is 0 Å². The van der Waals surface area contributed by atoms with E-state index >= 15 is 0 Å². The molecule has 0 spiro atoms. The normalized spacial score (nSPS) is 18.7. The highest BCUT2D eigenvalue weighted by molar-refractivity contribution is 7.89. The molecular formula is C19H22N2O3S. The highest BCUT2D eigenvalue weighted by Gasteiger charge is 2.31. The summed E-state index contributed by atoms with van der Waals surface area (Å²) in [4.78, 5) is 12.6. The first-order chi connectivity index (χ1) is 12.0. The van der Waals surface area contributed by atoms with Gasteiger partial charge in [0.15, 0.2) is 0 Å². The number of piperidine rings is 1. The minimum absolute atomic E-state index is 0.0134. The Bertz CT molecular complexity index is 850. The van der Waals surface area contributed by atoms with Gasteiger partial charge < -0.3 is 5.32 Å². The number of amides is 1. The lowest BCUT2D eigenvalue weighted by Gasteiger charge is -2.32. The van der Waals surface area contributed by atoms with Crippen molar-refractivity contribution in [1.82, 2.24) is 4.31 Å². The summed E-state index contributed by atoms with van der Waals surface area (Å²) in [5, 5.41) is 2.78. The van der Waals surface area contributed by atoms with E-state index in [-0.39, 0.29) is 16.8 Å². The van der Waals surface area contributed by atoms with Crippen molar-refractivity contribution >= 4 is 21.6 Å². The zero-order chi connectivity index (χ0) is 17.9. The summed E-state index contributed by atoms with van der Waals surface area (Å²) in [6, 6.07) is 15.3. The summed E-state index contributed by atoms with van der Waals surface area (Å²) in [5.74, 6) is -0.324. The summed E-state index contributed by atoms with van der Waals surface area (Å²) < 4.78 is 27.4. The maximum atomic E-state index is 12.9. The minimum atomic E-state index is -3.59. The Balaban J connectivity index is 1.84. The van der Waals surface area contributed by atoms with Crippen molar-refractivity contribution in [3.05, 3.63) is 60.2 Å². The Hall–Kier alpha value is -2.18. The van der Waals surface area contributed by atoms with Crippen LogP contribution in [0.25, 0.3) is 0 Å². The first-order valence-electron chi connectivity index (χ1n) is 8.47. The predicted octanol–water partition coefficient (Wildman–Crippen LogP) is 3.50. The Labute approximate surface area is 148 Å². The van der Waals surface area contributed by atoms with Crippen LogP contribution >= 0.6 is 0 Å². The fourth-order valence-electron chi connectivity index (χ4n) is 3.09. The predicted molar refractivity (Wildman–Crippen MR) is 98.0 cm³/mol. The van der Waals surface area contributed by atoms with Crippen LogP contribution in [0.3, 0.4) is 0 Å². The van der Waals surface area contributed by atoms with Gasteiger partial charge in [-0.3, -0.25) is 4.79 Å². The maximum absolute atomic E-state index is 12.9. The molecule has 2 aromatic rings. The van der Waals surface area contributed by atoms with Crippen molar-refractivity contribution in [2.24, 2.45) is 0 Å². The van der Waals surface area contributed by atoms with Gasteiger partial charge in [0.1, 0.15) is 0 Å². The molecule has 1 atom stereocenters. The lowest BCUT2D eigenvalue weighted by molar-refractivity contribution is 0.102. The first kappa shape index (κ1) is 17.6. The van der Waals surface area contributed by atoms with E-state index in [1.165, 1.54) is 6.07 Å². The molecule has 0 aliphatic carbocycles. The largest absolute Gasteiger partial charge is 0.322 e.